The molecule has 1 amide bonds. The van der Waals surface area contributed by atoms with Crippen LogP contribution in [0.3, 0.4) is 0 Å². The first kappa shape index (κ1) is 16.7. The zero-order valence-corrected chi connectivity index (χ0v) is 14.3. The number of aryl methyl sites for hydroxylation is 1. The molecule has 1 aliphatic carbocycles. The Labute approximate surface area is 142 Å². The molecule has 1 heterocycles. The molecule has 2 aromatic rings. The van der Waals surface area contributed by atoms with Crippen molar-refractivity contribution in [2.24, 2.45) is 5.92 Å². The van der Waals surface area contributed by atoms with E-state index < -0.39 is 0 Å². The van der Waals surface area contributed by atoms with Crippen LogP contribution in [-0.2, 0) is 29.0 Å². The van der Waals surface area contributed by atoms with Crippen molar-refractivity contribution in [1.29, 1.82) is 0 Å². The molecular formula is C19H25N3O2. The molecule has 1 aromatic heterocycles. The Kier molecular flexibility index (Phi) is 5.00. The van der Waals surface area contributed by atoms with Gasteiger partial charge in [-0.25, -0.2) is 0 Å². The molecule has 0 saturated carbocycles. The highest BCUT2D eigenvalue weighted by Crippen LogP contribution is 2.24. The molecule has 24 heavy (non-hydrogen) atoms. The second-order valence-corrected chi connectivity index (χ2v) is 7.17. The van der Waals surface area contributed by atoms with Crippen molar-refractivity contribution in [2.45, 2.75) is 45.3 Å². The third-order valence-corrected chi connectivity index (χ3v) is 4.42. The second kappa shape index (κ2) is 7.18. The fraction of sp³-hybridized carbons (Fsp3) is 0.474. The molecule has 5 heteroatoms. The van der Waals surface area contributed by atoms with E-state index in [1.807, 2.05) is 50.4 Å². The van der Waals surface area contributed by atoms with E-state index in [1.165, 1.54) is 11.3 Å². The van der Waals surface area contributed by atoms with Crippen LogP contribution in [0.1, 0.15) is 37.1 Å². The van der Waals surface area contributed by atoms with Crippen LogP contribution < -0.4 is 5.32 Å². The Balaban J connectivity index is 1.48. The molecule has 1 atom stereocenters. The number of hydrogen-bond donors (Lipinski definition) is 2. The number of aromatic amines is 1. The minimum Gasteiger partial charge on any atom is -0.374 e. The molecule has 3 rings (SSSR count). The number of carbonyl (C=O) groups excluding carboxylic acids is 1. The number of nitrogens with one attached hydrogen (secondary N) is 2. The van der Waals surface area contributed by atoms with E-state index in [1.54, 1.807) is 0 Å². The maximum Gasteiger partial charge on any atom is 0.223 e. The molecule has 5 nitrogen and oxygen atoms in total. The summed E-state index contributed by atoms with van der Waals surface area (Å²) >= 11 is 0. The van der Waals surface area contributed by atoms with E-state index >= 15 is 0 Å². The van der Waals surface area contributed by atoms with Crippen LogP contribution >= 0.6 is 0 Å². The normalized spacial score (nSPS) is 17.3. The fourth-order valence-electron chi connectivity index (χ4n) is 3.11. The van der Waals surface area contributed by atoms with Gasteiger partial charge in [-0.15, -0.1) is 0 Å². The quantitative estimate of drug-likeness (QED) is 0.857. The van der Waals surface area contributed by atoms with E-state index in [-0.39, 0.29) is 17.4 Å². The third kappa shape index (κ3) is 4.23. The van der Waals surface area contributed by atoms with Gasteiger partial charge in [0.05, 0.1) is 24.9 Å². The number of nitrogens with zero attached hydrogens (tertiary/aromatic N) is 1. The van der Waals surface area contributed by atoms with Crippen LogP contribution in [0.25, 0.3) is 0 Å². The SMILES string of the molecule is CC(C)(COCc1ccccc1)NC(=O)C1CCc2[nH]ncc2C1. The first-order valence-corrected chi connectivity index (χ1v) is 8.48. The predicted octanol–water partition coefficient (Wildman–Crippen LogP) is 2.63. The number of hydrogen-bond acceptors (Lipinski definition) is 3. The average molecular weight is 327 g/mol. The lowest BCUT2D eigenvalue weighted by atomic mass is 9.86. The fourth-order valence-corrected chi connectivity index (χ4v) is 3.11. The lowest BCUT2D eigenvalue weighted by Gasteiger charge is -2.30. The molecule has 0 bridgehead atoms. The summed E-state index contributed by atoms with van der Waals surface area (Å²) in [7, 11) is 0. The van der Waals surface area contributed by atoms with Gasteiger partial charge in [0, 0.05) is 11.6 Å². The molecule has 1 aliphatic rings. The Morgan fingerprint density at radius 2 is 2.17 bits per heavy atom. The number of aromatic nitrogens is 2. The van der Waals surface area contributed by atoms with E-state index in [0.717, 1.165) is 24.8 Å². The standard InChI is InChI=1S/C19H25N3O2/c1-19(2,13-24-12-14-6-4-3-5-7-14)21-18(23)15-8-9-17-16(10-15)11-20-22-17/h3-7,11,15H,8-10,12-13H2,1-2H3,(H,20,22)(H,21,23). The van der Waals surface area contributed by atoms with Gasteiger partial charge in [0.15, 0.2) is 0 Å². The van der Waals surface area contributed by atoms with Crippen molar-refractivity contribution < 1.29 is 9.53 Å². The Hall–Kier alpha value is -2.14. The van der Waals surface area contributed by atoms with Gasteiger partial charge < -0.3 is 10.1 Å². The molecule has 0 fully saturated rings. The minimum absolute atomic E-state index is 0.0171. The van der Waals surface area contributed by atoms with Gasteiger partial charge in [0.25, 0.3) is 0 Å². The highest BCUT2D eigenvalue weighted by atomic mass is 16.5. The molecule has 0 aliphatic heterocycles. The lowest BCUT2D eigenvalue weighted by molar-refractivity contribution is -0.127. The van der Waals surface area contributed by atoms with Crippen molar-refractivity contribution in [1.82, 2.24) is 15.5 Å². The minimum atomic E-state index is -0.386. The van der Waals surface area contributed by atoms with Gasteiger partial charge in [-0.2, -0.15) is 5.10 Å². The van der Waals surface area contributed by atoms with Crippen molar-refractivity contribution in [2.75, 3.05) is 6.61 Å². The summed E-state index contributed by atoms with van der Waals surface area (Å²) in [5.41, 5.74) is 3.09. The Morgan fingerprint density at radius 1 is 1.38 bits per heavy atom. The van der Waals surface area contributed by atoms with Crippen LogP contribution in [0.2, 0.25) is 0 Å². The maximum absolute atomic E-state index is 12.6. The summed E-state index contributed by atoms with van der Waals surface area (Å²) in [6, 6.07) is 10.1. The Morgan fingerprint density at radius 3 is 2.96 bits per heavy atom. The van der Waals surface area contributed by atoms with Gasteiger partial charge in [-0.1, -0.05) is 30.3 Å². The van der Waals surface area contributed by atoms with Gasteiger partial charge >= 0.3 is 0 Å². The topological polar surface area (TPSA) is 67.0 Å². The van der Waals surface area contributed by atoms with Crippen LogP contribution in [0, 0.1) is 5.92 Å². The highest BCUT2D eigenvalue weighted by molar-refractivity contribution is 5.80. The van der Waals surface area contributed by atoms with E-state index in [9.17, 15) is 4.79 Å². The van der Waals surface area contributed by atoms with Crippen LogP contribution in [-0.4, -0.2) is 28.3 Å². The van der Waals surface area contributed by atoms with E-state index in [0.29, 0.717) is 13.2 Å². The number of amides is 1. The zero-order valence-electron chi connectivity index (χ0n) is 14.3. The van der Waals surface area contributed by atoms with Gasteiger partial charge in [-0.3, -0.25) is 9.89 Å². The number of carbonyl (C=O) groups is 1. The third-order valence-electron chi connectivity index (χ3n) is 4.42. The first-order chi connectivity index (χ1) is 11.5. The number of fused-ring (bicyclic) bond motifs is 1. The molecule has 2 N–H and O–H groups in total. The summed E-state index contributed by atoms with van der Waals surface area (Å²) in [6.07, 6.45) is 4.35. The number of rotatable bonds is 6. The maximum atomic E-state index is 12.6. The van der Waals surface area contributed by atoms with E-state index in [4.69, 9.17) is 4.74 Å². The van der Waals surface area contributed by atoms with Crippen LogP contribution in [0.5, 0.6) is 0 Å². The molecule has 0 radical (unpaired) electrons. The van der Waals surface area contributed by atoms with Crippen molar-refractivity contribution >= 4 is 5.91 Å². The summed E-state index contributed by atoms with van der Waals surface area (Å²) in [5.74, 6) is 0.124. The van der Waals surface area contributed by atoms with Crippen molar-refractivity contribution in [3.63, 3.8) is 0 Å². The summed E-state index contributed by atoms with van der Waals surface area (Å²) in [6.45, 7) is 5.04. The second-order valence-electron chi connectivity index (χ2n) is 7.17. The largest absolute Gasteiger partial charge is 0.374 e. The molecule has 128 valence electrons. The smallest absolute Gasteiger partial charge is 0.223 e. The van der Waals surface area contributed by atoms with Crippen LogP contribution in [0.15, 0.2) is 36.5 Å². The highest BCUT2D eigenvalue weighted by Gasteiger charge is 2.29. The van der Waals surface area contributed by atoms with Gasteiger partial charge in [-0.05, 0) is 44.2 Å². The lowest BCUT2D eigenvalue weighted by Crippen LogP contribution is -2.49. The molecule has 1 unspecified atom stereocenters. The van der Waals surface area contributed by atoms with Crippen LogP contribution in [0.4, 0.5) is 0 Å². The monoisotopic (exact) mass is 327 g/mol. The molecule has 0 spiro atoms. The molecular weight excluding hydrogens is 302 g/mol. The summed E-state index contributed by atoms with van der Waals surface area (Å²) < 4.78 is 5.79. The zero-order chi connectivity index (χ0) is 17.0. The van der Waals surface area contributed by atoms with E-state index in [2.05, 4.69) is 15.5 Å². The number of ether oxygens (including phenoxy) is 1. The first-order valence-electron chi connectivity index (χ1n) is 8.48. The Bertz CT molecular complexity index is 679. The predicted molar refractivity (Wildman–Crippen MR) is 92.4 cm³/mol. The summed E-state index contributed by atoms with van der Waals surface area (Å²) in [4.78, 5) is 12.6. The average Bonchev–Trinajstić information content (AvgIpc) is 3.02. The summed E-state index contributed by atoms with van der Waals surface area (Å²) in [5, 5.41) is 10.2. The van der Waals surface area contributed by atoms with Crippen molar-refractivity contribution in [3.8, 4) is 0 Å². The molecule has 0 saturated heterocycles. The number of H-pyrrole nitrogens is 1. The van der Waals surface area contributed by atoms with Crippen molar-refractivity contribution in [3.05, 3.63) is 53.3 Å². The molecule has 1 aromatic carbocycles. The number of benzene rings is 1. The van der Waals surface area contributed by atoms with Gasteiger partial charge in [0.1, 0.15) is 0 Å². The van der Waals surface area contributed by atoms with Gasteiger partial charge in [0.2, 0.25) is 5.91 Å².